The van der Waals surface area contributed by atoms with Gasteiger partial charge in [0.25, 0.3) is 11.8 Å². The number of rotatable bonds is 0. The zero-order chi connectivity index (χ0) is 15.4. The molecular formula is C18H14N2O2. The summed E-state index contributed by atoms with van der Waals surface area (Å²) in [4.78, 5) is 28.5. The Morgan fingerprint density at radius 1 is 0.636 bits per heavy atom. The molecule has 0 radical (unpaired) electrons. The fraction of sp³-hybridized carbons (Fsp3) is 0.111. The van der Waals surface area contributed by atoms with Crippen LogP contribution in [0, 0.1) is 13.8 Å². The van der Waals surface area contributed by atoms with Crippen LogP contribution in [0.3, 0.4) is 0 Å². The van der Waals surface area contributed by atoms with Crippen LogP contribution < -0.4 is 9.80 Å². The number of carbonyl (C=O) groups excluding carboxylic acids is 2. The number of amides is 2. The average molecular weight is 290 g/mol. The minimum atomic E-state index is -0.204. The van der Waals surface area contributed by atoms with E-state index >= 15 is 0 Å². The maximum absolute atomic E-state index is 12.6. The van der Waals surface area contributed by atoms with Crippen LogP contribution in [0.5, 0.6) is 0 Å². The molecule has 2 aromatic carbocycles. The number of benzene rings is 2. The normalized spacial score (nSPS) is 15.5. The molecule has 2 bridgehead atoms. The molecule has 4 nitrogen and oxygen atoms in total. The van der Waals surface area contributed by atoms with Crippen LogP contribution in [0.2, 0.25) is 0 Å². The first-order chi connectivity index (χ1) is 10.6. The Morgan fingerprint density at radius 2 is 1.05 bits per heavy atom. The maximum atomic E-state index is 12.6. The molecule has 0 aliphatic carbocycles. The quantitative estimate of drug-likeness (QED) is 0.745. The van der Waals surface area contributed by atoms with Crippen LogP contribution in [0.25, 0.3) is 0 Å². The average Bonchev–Trinajstić information content (AvgIpc) is 2.48. The monoisotopic (exact) mass is 290 g/mol. The number of carbonyl (C=O) groups is 2. The first-order valence-corrected chi connectivity index (χ1v) is 7.14. The molecule has 108 valence electrons. The van der Waals surface area contributed by atoms with E-state index in [4.69, 9.17) is 0 Å². The predicted molar refractivity (Wildman–Crippen MR) is 85.8 cm³/mol. The summed E-state index contributed by atoms with van der Waals surface area (Å²) in [6.07, 6.45) is 2.67. The third-order valence-electron chi connectivity index (χ3n) is 4.03. The van der Waals surface area contributed by atoms with Gasteiger partial charge in [-0.05, 0) is 49.2 Å². The largest absolute Gasteiger partial charge is 0.273 e. The van der Waals surface area contributed by atoms with Gasteiger partial charge in [0.15, 0.2) is 0 Å². The smallest absolute Gasteiger partial charge is 0.255 e. The van der Waals surface area contributed by atoms with Crippen molar-refractivity contribution < 1.29 is 9.59 Å². The van der Waals surface area contributed by atoms with E-state index in [1.807, 2.05) is 50.2 Å². The van der Waals surface area contributed by atoms with Gasteiger partial charge in [0.2, 0.25) is 0 Å². The Morgan fingerprint density at radius 3 is 1.45 bits per heavy atom. The Labute approximate surface area is 128 Å². The third-order valence-corrected chi connectivity index (χ3v) is 4.03. The van der Waals surface area contributed by atoms with Crippen LogP contribution in [0.15, 0.2) is 48.6 Å². The Hall–Kier alpha value is -2.88. The molecule has 2 aromatic rings. The lowest BCUT2D eigenvalue weighted by Gasteiger charge is -2.39. The zero-order valence-electron chi connectivity index (χ0n) is 12.3. The molecule has 0 saturated heterocycles. The standard InChI is InChI=1S/C18H14N2O2/c1-11-3-5-13-15(9-11)19-14-6-4-12(2)10-16(14)20(13)18(22)8-7-17(19)21/h3-10H,1-2H3. The van der Waals surface area contributed by atoms with Gasteiger partial charge in [-0.15, -0.1) is 0 Å². The van der Waals surface area contributed by atoms with Crippen molar-refractivity contribution in [1.82, 2.24) is 0 Å². The lowest BCUT2D eigenvalue weighted by Crippen LogP contribution is -2.37. The van der Waals surface area contributed by atoms with Gasteiger partial charge >= 0.3 is 0 Å². The fourth-order valence-electron chi connectivity index (χ4n) is 3.03. The number of aryl methyl sites for hydroxylation is 2. The van der Waals surface area contributed by atoms with Crippen molar-refractivity contribution in [2.45, 2.75) is 13.8 Å². The molecule has 22 heavy (non-hydrogen) atoms. The van der Waals surface area contributed by atoms with Crippen molar-refractivity contribution in [3.8, 4) is 0 Å². The highest BCUT2D eigenvalue weighted by Crippen LogP contribution is 2.49. The van der Waals surface area contributed by atoms with E-state index in [1.54, 1.807) is 9.80 Å². The highest BCUT2D eigenvalue weighted by Gasteiger charge is 2.35. The van der Waals surface area contributed by atoms with Gasteiger partial charge in [-0.1, -0.05) is 12.1 Å². The van der Waals surface area contributed by atoms with E-state index in [2.05, 4.69) is 0 Å². The van der Waals surface area contributed by atoms with E-state index in [0.29, 0.717) is 0 Å². The number of hydrogen-bond acceptors (Lipinski definition) is 2. The molecule has 2 aliphatic heterocycles. The van der Waals surface area contributed by atoms with Crippen molar-refractivity contribution >= 4 is 34.6 Å². The lowest BCUT2D eigenvalue weighted by atomic mass is 10.0. The highest BCUT2D eigenvalue weighted by molar-refractivity contribution is 6.24. The summed E-state index contributed by atoms with van der Waals surface area (Å²) in [7, 11) is 0. The van der Waals surface area contributed by atoms with Gasteiger partial charge in [0.1, 0.15) is 0 Å². The Kier molecular flexibility index (Phi) is 2.51. The second kappa shape index (κ2) is 4.31. The van der Waals surface area contributed by atoms with E-state index < -0.39 is 0 Å². The molecule has 0 N–H and O–H groups in total. The minimum Gasteiger partial charge on any atom is -0.273 e. The van der Waals surface area contributed by atoms with Gasteiger partial charge in [-0.25, -0.2) is 0 Å². The summed E-state index contributed by atoms with van der Waals surface area (Å²) >= 11 is 0. The first kappa shape index (κ1) is 12.8. The van der Waals surface area contributed by atoms with Crippen LogP contribution in [0.1, 0.15) is 11.1 Å². The lowest BCUT2D eigenvalue weighted by molar-refractivity contribution is -0.116. The second-order valence-corrected chi connectivity index (χ2v) is 5.66. The van der Waals surface area contributed by atoms with Gasteiger partial charge in [-0.3, -0.25) is 19.4 Å². The molecule has 2 heterocycles. The minimum absolute atomic E-state index is 0.204. The molecule has 0 atom stereocenters. The van der Waals surface area contributed by atoms with Crippen molar-refractivity contribution in [2.75, 3.05) is 9.80 Å². The van der Waals surface area contributed by atoms with E-state index in [0.717, 1.165) is 33.9 Å². The Bertz CT molecular complexity index is 796. The predicted octanol–water partition coefficient (Wildman–Crippen LogP) is 3.52. The van der Waals surface area contributed by atoms with E-state index in [9.17, 15) is 9.59 Å². The summed E-state index contributed by atoms with van der Waals surface area (Å²) in [5.41, 5.74) is 5.07. The highest BCUT2D eigenvalue weighted by atomic mass is 16.2. The molecule has 0 saturated carbocycles. The number of hydrogen-bond donors (Lipinski definition) is 0. The summed E-state index contributed by atoms with van der Waals surface area (Å²) in [5, 5.41) is 0. The van der Waals surface area contributed by atoms with E-state index in [1.165, 1.54) is 12.2 Å². The van der Waals surface area contributed by atoms with Gasteiger partial charge in [0, 0.05) is 12.2 Å². The third kappa shape index (κ3) is 1.64. The number of nitrogens with zero attached hydrogens (tertiary/aromatic N) is 2. The molecule has 2 amide bonds. The van der Waals surface area contributed by atoms with Crippen molar-refractivity contribution in [2.24, 2.45) is 0 Å². The molecule has 0 spiro atoms. The summed E-state index contributed by atoms with van der Waals surface area (Å²) in [6.45, 7) is 3.95. The van der Waals surface area contributed by atoms with Gasteiger partial charge in [0.05, 0.1) is 22.7 Å². The van der Waals surface area contributed by atoms with Crippen molar-refractivity contribution in [1.29, 1.82) is 0 Å². The number of anilines is 4. The zero-order valence-corrected chi connectivity index (χ0v) is 12.3. The van der Waals surface area contributed by atoms with Crippen LogP contribution in [0.4, 0.5) is 22.7 Å². The van der Waals surface area contributed by atoms with Gasteiger partial charge in [-0.2, -0.15) is 0 Å². The van der Waals surface area contributed by atoms with Crippen molar-refractivity contribution in [3.63, 3.8) is 0 Å². The molecule has 2 aliphatic rings. The molecule has 0 fully saturated rings. The Balaban J connectivity index is 2.12. The second-order valence-electron chi connectivity index (χ2n) is 5.66. The SMILES string of the molecule is Cc1ccc2c(c1)N1C(=O)C=CC(=O)N2c2cc(C)ccc21. The first-order valence-electron chi connectivity index (χ1n) is 7.14. The molecule has 4 heteroatoms. The van der Waals surface area contributed by atoms with Crippen LogP contribution >= 0.6 is 0 Å². The topological polar surface area (TPSA) is 40.6 Å². The molecule has 4 rings (SSSR count). The fourth-order valence-corrected chi connectivity index (χ4v) is 3.03. The van der Waals surface area contributed by atoms with Crippen LogP contribution in [-0.2, 0) is 9.59 Å². The summed E-state index contributed by atoms with van der Waals surface area (Å²) in [6, 6.07) is 11.6. The number of fused-ring (bicyclic) bond motifs is 3. The summed E-state index contributed by atoms with van der Waals surface area (Å²) < 4.78 is 0. The van der Waals surface area contributed by atoms with Crippen molar-refractivity contribution in [3.05, 3.63) is 59.7 Å². The molecule has 0 aromatic heterocycles. The molecule has 0 unspecified atom stereocenters. The van der Waals surface area contributed by atoms with Gasteiger partial charge < -0.3 is 0 Å². The maximum Gasteiger partial charge on any atom is 0.255 e. The van der Waals surface area contributed by atoms with E-state index in [-0.39, 0.29) is 11.8 Å². The summed E-state index contributed by atoms with van der Waals surface area (Å²) in [5.74, 6) is -0.408. The van der Waals surface area contributed by atoms with Crippen LogP contribution in [-0.4, -0.2) is 11.8 Å². The molecular weight excluding hydrogens is 276 g/mol.